The molecule has 0 saturated heterocycles. The Morgan fingerprint density at radius 3 is 2.42 bits per heavy atom. The minimum Gasteiger partial charge on any atom is -1.00 e. The Bertz CT molecular complexity index is 1470. The third-order valence-corrected chi connectivity index (χ3v) is 7.97. The summed E-state index contributed by atoms with van der Waals surface area (Å²) in [7, 11) is 4.16. The van der Waals surface area contributed by atoms with Crippen molar-refractivity contribution in [2.45, 2.75) is 40.2 Å². The van der Waals surface area contributed by atoms with Gasteiger partial charge in [-0.3, -0.25) is 0 Å². The number of hydrogen-bond acceptors (Lipinski definition) is 2. The van der Waals surface area contributed by atoms with Crippen LogP contribution in [-0.4, -0.2) is 14.1 Å². The standard InChI is InChI=1S/C32H35N2S.HI/c1-6-34-30(35-29-18-15-26-9-7-8-10-28(26)31(29)34)20-25-19-24(21-32(2,3)22-25)12-11-23-13-16-27(17-14-23)33(4)5;/h7-20H,6,21-22H2,1-5H3;1H/q+1;/p-1. The maximum Gasteiger partial charge on any atom is 0.263 e. The summed E-state index contributed by atoms with van der Waals surface area (Å²) in [5.41, 5.74) is 6.90. The van der Waals surface area contributed by atoms with Crippen molar-refractivity contribution in [2.75, 3.05) is 19.0 Å². The van der Waals surface area contributed by atoms with E-state index in [2.05, 4.69) is 129 Å². The number of aryl methyl sites for hydroxylation is 1. The highest BCUT2D eigenvalue weighted by Gasteiger charge is 2.26. The van der Waals surface area contributed by atoms with Gasteiger partial charge in [-0.15, -0.1) is 0 Å². The fourth-order valence-electron chi connectivity index (χ4n) is 5.25. The maximum absolute atomic E-state index is 2.49. The van der Waals surface area contributed by atoms with Gasteiger partial charge in [0.15, 0.2) is 0 Å². The van der Waals surface area contributed by atoms with Crippen LogP contribution in [0.4, 0.5) is 5.69 Å². The Kier molecular flexibility index (Phi) is 8.06. The number of aromatic nitrogens is 1. The van der Waals surface area contributed by atoms with Crippen molar-refractivity contribution >= 4 is 50.2 Å². The largest absolute Gasteiger partial charge is 1.00 e. The lowest BCUT2D eigenvalue weighted by Crippen LogP contribution is -3.00. The van der Waals surface area contributed by atoms with Gasteiger partial charge in [0.1, 0.15) is 11.2 Å². The summed E-state index contributed by atoms with van der Waals surface area (Å²) in [6.07, 6.45) is 11.6. The van der Waals surface area contributed by atoms with Crippen molar-refractivity contribution in [1.82, 2.24) is 0 Å². The van der Waals surface area contributed by atoms with E-state index in [4.69, 9.17) is 0 Å². The van der Waals surface area contributed by atoms with E-state index in [0.717, 1.165) is 19.4 Å². The van der Waals surface area contributed by atoms with Gasteiger partial charge in [-0.05, 0) is 71.5 Å². The molecule has 1 heterocycles. The summed E-state index contributed by atoms with van der Waals surface area (Å²) in [4.78, 5) is 2.14. The zero-order valence-corrected chi connectivity index (χ0v) is 24.9. The lowest BCUT2D eigenvalue weighted by molar-refractivity contribution is -0.664. The van der Waals surface area contributed by atoms with Crippen molar-refractivity contribution in [3.63, 3.8) is 0 Å². The molecule has 3 aromatic carbocycles. The molecule has 5 rings (SSSR count). The van der Waals surface area contributed by atoms with Gasteiger partial charge < -0.3 is 28.9 Å². The molecule has 0 aliphatic heterocycles. The molecule has 4 heteroatoms. The number of rotatable bonds is 5. The van der Waals surface area contributed by atoms with E-state index < -0.39 is 0 Å². The highest BCUT2D eigenvalue weighted by molar-refractivity contribution is 7.19. The molecule has 1 aliphatic rings. The van der Waals surface area contributed by atoms with Gasteiger partial charge in [0.25, 0.3) is 5.01 Å². The molecule has 1 aromatic heterocycles. The smallest absolute Gasteiger partial charge is 0.263 e. The molecule has 36 heavy (non-hydrogen) atoms. The van der Waals surface area contributed by atoms with Crippen LogP contribution in [0.2, 0.25) is 0 Å². The number of nitrogens with zero attached hydrogens (tertiary/aromatic N) is 2. The Morgan fingerprint density at radius 1 is 0.944 bits per heavy atom. The van der Waals surface area contributed by atoms with Crippen LogP contribution in [0.1, 0.15) is 44.2 Å². The van der Waals surface area contributed by atoms with Crippen LogP contribution in [-0.2, 0) is 6.54 Å². The first-order valence-corrected chi connectivity index (χ1v) is 13.4. The molecule has 0 amide bonds. The van der Waals surface area contributed by atoms with Crippen LogP contribution in [0.25, 0.3) is 33.1 Å². The second-order valence-corrected chi connectivity index (χ2v) is 11.7. The highest BCUT2D eigenvalue weighted by Crippen LogP contribution is 2.40. The zero-order valence-electron chi connectivity index (χ0n) is 21.9. The summed E-state index contributed by atoms with van der Waals surface area (Å²) in [5.74, 6) is 0. The fourth-order valence-corrected chi connectivity index (χ4v) is 6.47. The molecule has 0 atom stereocenters. The molecular formula is C32H35IN2S. The van der Waals surface area contributed by atoms with Crippen LogP contribution < -0.4 is 33.4 Å². The average molecular weight is 607 g/mol. The van der Waals surface area contributed by atoms with E-state index in [-0.39, 0.29) is 29.4 Å². The predicted octanol–water partition coefficient (Wildman–Crippen LogP) is 5.28. The van der Waals surface area contributed by atoms with Crippen molar-refractivity contribution in [3.8, 4) is 0 Å². The molecule has 0 saturated carbocycles. The van der Waals surface area contributed by atoms with E-state index in [9.17, 15) is 0 Å². The molecule has 1 aliphatic carbocycles. The summed E-state index contributed by atoms with van der Waals surface area (Å²) in [5, 5.41) is 3.99. The van der Waals surface area contributed by atoms with E-state index >= 15 is 0 Å². The Hall–Kier alpha value is -2.44. The van der Waals surface area contributed by atoms with Gasteiger partial charge >= 0.3 is 0 Å². The van der Waals surface area contributed by atoms with Crippen molar-refractivity contribution in [2.24, 2.45) is 5.41 Å². The Labute approximate surface area is 236 Å². The lowest BCUT2D eigenvalue weighted by atomic mass is 9.75. The van der Waals surface area contributed by atoms with Gasteiger partial charge in [0.2, 0.25) is 5.52 Å². The van der Waals surface area contributed by atoms with Gasteiger partial charge in [-0.25, -0.2) is 0 Å². The molecule has 0 N–H and O–H groups in total. The van der Waals surface area contributed by atoms with E-state index in [1.54, 1.807) is 0 Å². The van der Waals surface area contributed by atoms with Gasteiger partial charge in [-0.2, -0.15) is 4.57 Å². The van der Waals surface area contributed by atoms with Gasteiger partial charge in [-0.1, -0.05) is 79.8 Å². The number of halogens is 1. The van der Waals surface area contributed by atoms with E-state index in [1.807, 2.05) is 11.3 Å². The third-order valence-electron chi connectivity index (χ3n) is 6.87. The number of anilines is 1. The minimum atomic E-state index is 0. The molecule has 2 nitrogen and oxygen atoms in total. The molecule has 186 valence electrons. The van der Waals surface area contributed by atoms with Gasteiger partial charge in [0, 0.05) is 25.9 Å². The first-order valence-electron chi connectivity index (χ1n) is 12.5. The second kappa shape index (κ2) is 10.9. The maximum atomic E-state index is 2.49. The number of hydrogen-bond donors (Lipinski definition) is 0. The van der Waals surface area contributed by atoms with Crippen molar-refractivity contribution in [1.29, 1.82) is 0 Å². The van der Waals surface area contributed by atoms with E-state index in [0.29, 0.717) is 0 Å². The Morgan fingerprint density at radius 2 is 1.69 bits per heavy atom. The second-order valence-electron chi connectivity index (χ2n) is 10.6. The van der Waals surface area contributed by atoms with Crippen LogP contribution in [0.5, 0.6) is 0 Å². The van der Waals surface area contributed by atoms with Crippen LogP contribution in [0, 0.1) is 5.41 Å². The van der Waals surface area contributed by atoms with E-state index in [1.165, 1.54) is 48.4 Å². The fraction of sp³-hybridized carbons (Fsp3) is 0.281. The quantitative estimate of drug-likeness (QED) is 0.222. The molecule has 0 unspecified atom stereocenters. The highest BCUT2D eigenvalue weighted by atomic mass is 127. The molecule has 0 fully saturated rings. The average Bonchev–Trinajstić information content (AvgIpc) is 3.19. The van der Waals surface area contributed by atoms with Crippen molar-refractivity contribution < 1.29 is 28.5 Å². The van der Waals surface area contributed by atoms with Crippen LogP contribution >= 0.6 is 11.3 Å². The summed E-state index contributed by atoms with van der Waals surface area (Å²) in [6.45, 7) is 8.00. The molecular weight excluding hydrogens is 571 g/mol. The summed E-state index contributed by atoms with van der Waals surface area (Å²) in [6, 6.07) is 22.0. The zero-order chi connectivity index (χ0) is 24.6. The number of benzene rings is 3. The summed E-state index contributed by atoms with van der Waals surface area (Å²) >= 11 is 1.91. The number of thiazole rings is 1. The first-order chi connectivity index (χ1) is 16.8. The minimum absolute atomic E-state index is 0. The first kappa shape index (κ1) is 26.6. The number of fused-ring (bicyclic) bond motifs is 3. The Balaban J connectivity index is 0.00000304. The molecule has 4 aromatic rings. The monoisotopic (exact) mass is 606 g/mol. The summed E-state index contributed by atoms with van der Waals surface area (Å²) < 4.78 is 3.85. The normalized spacial score (nSPS) is 16.5. The third kappa shape index (κ3) is 5.60. The topological polar surface area (TPSA) is 7.12 Å². The molecule has 0 bridgehead atoms. The number of allylic oxidation sites excluding steroid dienone is 4. The molecule has 0 radical (unpaired) electrons. The van der Waals surface area contributed by atoms with Crippen LogP contribution in [0.15, 0.2) is 84.0 Å². The predicted molar refractivity (Wildman–Crippen MR) is 154 cm³/mol. The van der Waals surface area contributed by atoms with Crippen molar-refractivity contribution in [3.05, 3.63) is 94.5 Å². The van der Waals surface area contributed by atoms with Crippen LogP contribution in [0.3, 0.4) is 0 Å². The molecule has 0 spiro atoms. The van der Waals surface area contributed by atoms with Gasteiger partial charge in [0.05, 0.1) is 5.39 Å². The lowest BCUT2D eigenvalue weighted by Gasteiger charge is -2.30. The SMILES string of the molecule is CC[n+]1c(/C=C2C=C(/C=C/c3ccc(N(C)C)cc3)CC(C)(C)C/2)sc2ccc3ccccc3c21.[I-].